The Hall–Kier alpha value is 1.42. The topological polar surface area (TPSA) is 17.1 Å². The molecule has 1 nitrogen and oxygen atoms in total. The third-order valence-electron chi connectivity index (χ3n) is 0.439. The normalized spacial score (nSPS) is 11.8. The molecule has 53 valence electrons. The molecule has 0 aliphatic carbocycles. The minimum atomic E-state index is -1.35. The average Bonchev–Trinajstić information content (AvgIpc) is 1.61. The summed E-state index contributed by atoms with van der Waals surface area (Å²) in [6.07, 6.45) is 1.95. The summed E-state index contributed by atoms with van der Waals surface area (Å²) in [6, 6.07) is 0. The summed E-state index contributed by atoms with van der Waals surface area (Å²) >= 11 is 1.57. The zero-order chi connectivity index (χ0) is 5.70. The van der Waals surface area contributed by atoms with Crippen LogP contribution in [0.2, 0.25) is 0 Å². The summed E-state index contributed by atoms with van der Waals surface area (Å²) in [7, 11) is -1.35. The van der Waals surface area contributed by atoms with Gasteiger partial charge in [-0.05, 0) is 24.1 Å². The maximum atomic E-state index is 10.3. The molecule has 0 bridgehead atoms. The molecule has 0 rings (SSSR count). The van der Waals surface area contributed by atoms with Crippen LogP contribution < -0.4 is 0 Å². The first-order valence-corrected chi connectivity index (χ1v) is 5.24. The van der Waals surface area contributed by atoms with Crippen molar-refractivity contribution in [3.8, 4) is 0 Å². The minimum Gasteiger partial charge on any atom is -0.358 e. The van der Waals surface area contributed by atoms with Gasteiger partial charge >= 0.3 is 0 Å². The van der Waals surface area contributed by atoms with Gasteiger partial charge in [0.2, 0.25) is 0 Å². The van der Waals surface area contributed by atoms with E-state index in [1.165, 1.54) is 0 Å². The van der Waals surface area contributed by atoms with E-state index in [1.807, 2.05) is 11.7 Å². The van der Waals surface area contributed by atoms with Gasteiger partial charge in [0, 0.05) is 32.7 Å². The van der Waals surface area contributed by atoms with E-state index in [2.05, 4.69) is 0 Å². The Balaban J connectivity index is -0.000000180. The second-order valence-electron chi connectivity index (χ2n) is 1.15. The largest absolute Gasteiger partial charge is 0.358 e. The van der Waals surface area contributed by atoms with Crippen molar-refractivity contribution in [3.63, 3.8) is 0 Å². The standard InChI is InChI=1S/C4H9OPS.CH3.Y/c1-6(5)3-4-7-2;;/h3-4,6H,1-2H3;1H3;/q;-1;. The molecular weight excluding hydrogens is 228 g/mol. The molecule has 9 heavy (non-hydrogen) atoms. The maximum absolute atomic E-state index is 10.3. The zero-order valence-corrected chi connectivity index (χ0v) is 10.7. The molecule has 0 aromatic carbocycles. The molecule has 0 heterocycles. The summed E-state index contributed by atoms with van der Waals surface area (Å²) in [5.74, 6) is 1.73. The zero-order valence-electron chi connectivity index (χ0n) is 6.05. The van der Waals surface area contributed by atoms with Crippen LogP contribution in [-0.4, -0.2) is 12.9 Å². The van der Waals surface area contributed by atoms with Gasteiger partial charge in [0.05, 0.1) is 7.80 Å². The van der Waals surface area contributed by atoms with Gasteiger partial charge < -0.3 is 12.0 Å². The van der Waals surface area contributed by atoms with Crippen LogP contribution in [0.25, 0.3) is 0 Å². The maximum Gasteiger partial charge on any atom is 0.0944 e. The summed E-state index contributed by atoms with van der Waals surface area (Å²) in [5, 5.41) is 1.85. The number of hydrogen-bond acceptors (Lipinski definition) is 2. The molecule has 0 saturated carbocycles. The van der Waals surface area contributed by atoms with Gasteiger partial charge in [-0.1, -0.05) is 0 Å². The molecule has 0 aromatic rings. The van der Waals surface area contributed by atoms with Crippen molar-refractivity contribution in [3.05, 3.63) is 18.7 Å². The van der Waals surface area contributed by atoms with E-state index >= 15 is 0 Å². The molecule has 0 saturated heterocycles. The van der Waals surface area contributed by atoms with Gasteiger partial charge in [0.15, 0.2) is 0 Å². The predicted molar refractivity (Wildman–Crippen MR) is 44.0 cm³/mol. The quantitative estimate of drug-likeness (QED) is 0.544. The Morgan fingerprint density at radius 2 is 2.00 bits per heavy atom. The van der Waals surface area contributed by atoms with Crippen LogP contribution in [-0.2, 0) is 37.3 Å². The summed E-state index contributed by atoms with van der Waals surface area (Å²) < 4.78 is 10.3. The summed E-state index contributed by atoms with van der Waals surface area (Å²) in [4.78, 5) is 0. The fraction of sp³-hybridized carbons (Fsp3) is 0.400. The molecule has 0 aromatic heterocycles. The van der Waals surface area contributed by atoms with E-state index in [0.717, 1.165) is 0 Å². The molecular formula is C5H12OPSY-. The van der Waals surface area contributed by atoms with Crippen molar-refractivity contribution in [2.45, 2.75) is 0 Å². The van der Waals surface area contributed by atoms with E-state index in [0.29, 0.717) is 0 Å². The van der Waals surface area contributed by atoms with Gasteiger partial charge in [-0.3, -0.25) is 0 Å². The number of thioether (sulfide) groups is 1. The third-order valence-corrected chi connectivity index (χ3v) is 1.72. The monoisotopic (exact) mass is 240 g/mol. The summed E-state index contributed by atoms with van der Waals surface area (Å²) in [5.41, 5.74) is 0. The predicted octanol–water partition coefficient (Wildman–Crippen LogP) is 2.46. The molecule has 1 radical (unpaired) electrons. The summed E-state index contributed by atoms with van der Waals surface area (Å²) in [6.45, 7) is 1.72. The molecule has 0 aliphatic heterocycles. The van der Waals surface area contributed by atoms with Gasteiger partial charge in [0.1, 0.15) is 0 Å². The molecule has 0 spiro atoms. The van der Waals surface area contributed by atoms with E-state index in [1.54, 1.807) is 24.2 Å². The van der Waals surface area contributed by atoms with Crippen molar-refractivity contribution in [1.29, 1.82) is 0 Å². The van der Waals surface area contributed by atoms with Crippen LogP contribution in [0.4, 0.5) is 0 Å². The molecule has 0 fully saturated rings. The van der Waals surface area contributed by atoms with E-state index in [-0.39, 0.29) is 40.1 Å². The van der Waals surface area contributed by atoms with Crippen molar-refractivity contribution < 1.29 is 37.3 Å². The molecule has 0 aliphatic rings. The Kier molecular flexibility index (Phi) is 22.6. The number of rotatable bonds is 2. The minimum absolute atomic E-state index is 0. The van der Waals surface area contributed by atoms with Crippen LogP contribution in [0.5, 0.6) is 0 Å². The Morgan fingerprint density at radius 3 is 2.11 bits per heavy atom. The molecule has 1 unspecified atom stereocenters. The van der Waals surface area contributed by atoms with Crippen molar-refractivity contribution in [2.75, 3.05) is 12.9 Å². The van der Waals surface area contributed by atoms with Crippen LogP contribution in [0.3, 0.4) is 0 Å². The Labute approximate surface area is 87.7 Å². The molecule has 4 heteroatoms. The van der Waals surface area contributed by atoms with Gasteiger partial charge in [-0.25, -0.2) is 0 Å². The van der Waals surface area contributed by atoms with E-state index in [9.17, 15) is 4.57 Å². The van der Waals surface area contributed by atoms with Crippen LogP contribution in [0.15, 0.2) is 11.2 Å². The van der Waals surface area contributed by atoms with Crippen molar-refractivity contribution >= 4 is 19.6 Å². The van der Waals surface area contributed by atoms with Crippen LogP contribution in [0.1, 0.15) is 0 Å². The van der Waals surface area contributed by atoms with Gasteiger partial charge in [-0.2, -0.15) is 0 Å². The smallest absolute Gasteiger partial charge is 0.0944 e. The molecule has 1 atom stereocenters. The van der Waals surface area contributed by atoms with Crippen LogP contribution in [0, 0.1) is 7.43 Å². The fourth-order valence-corrected chi connectivity index (χ4v) is 1.47. The first-order chi connectivity index (χ1) is 3.27. The molecule has 0 N–H and O–H groups in total. The Bertz CT molecular complexity index is 95.0. The Morgan fingerprint density at radius 1 is 1.56 bits per heavy atom. The first kappa shape index (κ1) is 16.8. The SMILES string of the molecule is CSC=C[PH](C)=O.[CH3-].[Y]. The second-order valence-corrected chi connectivity index (χ2v) is 3.45. The second kappa shape index (κ2) is 12.1. The van der Waals surface area contributed by atoms with Crippen molar-refractivity contribution in [2.24, 2.45) is 0 Å². The number of hydrogen-bond donors (Lipinski definition) is 0. The fourth-order valence-electron chi connectivity index (χ4n) is 0.164. The van der Waals surface area contributed by atoms with E-state index < -0.39 is 7.80 Å². The average molecular weight is 240 g/mol. The van der Waals surface area contributed by atoms with E-state index in [4.69, 9.17) is 0 Å². The van der Waals surface area contributed by atoms with Crippen LogP contribution >= 0.6 is 19.6 Å². The third kappa shape index (κ3) is 17.7. The van der Waals surface area contributed by atoms with Gasteiger partial charge in [-0.15, -0.1) is 11.8 Å². The van der Waals surface area contributed by atoms with Crippen molar-refractivity contribution in [1.82, 2.24) is 0 Å². The first-order valence-electron chi connectivity index (χ1n) is 1.97. The van der Waals surface area contributed by atoms with Gasteiger partial charge in [0.25, 0.3) is 0 Å². The molecule has 0 amide bonds.